The van der Waals surface area contributed by atoms with Crippen LogP contribution < -0.4 is 15.4 Å². The average molecular weight is 469 g/mol. The van der Waals surface area contributed by atoms with Gasteiger partial charge >= 0.3 is 0 Å². The van der Waals surface area contributed by atoms with E-state index in [0.717, 1.165) is 23.4 Å². The van der Waals surface area contributed by atoms with E-state index >= 15 is 0 Å². The number of guanidine groups is 1. The fourth-order valence-electron chi connectivity index (χ4n) is 2.46. The van der Waals surface area contributed by atoms with E-state index in [1.807, 2.05) is 61.5 Å². The molecule has 0 saturated heterocycles. The van der Waals surface area contributed by atoms with Gasteiger partial charge in [0, 0.05) is 19.5 Å². The molecule has 0 aliphatic heterocycles. The summed E-state index contributed by atoms with van der Waals surface area (Å²) in [4.78, 5) is 4.57. The molecule has 1 unspecified atom stereocenters. The molecule has 0 spiro atoms. The van der Waals surface area contributed by atoms with Crippen molar-refractivity contribution in [1.82, 2.24) is 10.6 Å². The Kier molecular flexibility index (Phi) is 10.7. The van der Waals surface area contributed by atoms with Gasteiger partial charge in [0.2, 0.25) is 0 Å². The van der Waals surface area contributed by atoms with Crippen molar-refractivity contribution in [2.24, 2.45) is 4.99 Å². The molecule has 0 aromatic heterocycles. The van der Waals surface area contributed by atoms with Gasteiger partial charge in [-0.15, -0.1) is 24.0 Å². The number of hydrogen-bond acceptors (Lipinski definition) is 3. The highest BCUT2D eigenvalue weighted by atomic mass is 127. The van der Waals surface area contributed by atoms with E-state index < -0.39 is 6.10 Å². The highest BCUT2D eigenvalue weighted by Crippen LogP contribution is 2.13. The second-order valence-corrected chi connectivity index (χ2v) is 5.77. The minimum Gasteiger partial charge on any atom is -0.497 e. The predicted molar refractivity (Wildman–Crippen MR) is 117 cm³/mol. The van der Waals surface area contributed by atoms with E-state index in [-0.39, 0.29) is 24.0 Å². The van der Waals surface area contributed by atoms with Crippen molar-refractivity contribution in [3.8, 4) is 5.75 Å². The highest BCUT2D eigenvalue weighted by Gasteiger charge is 2.07. The van der Waals surface area contributed by atoms with Gasteiger partial charge in [0.05, 0.1) is 19.8 Å². The number of aliphatic imine (C=N–C) groups is 1. The number of benzene rings is 2. The molecule has 0 aliphatic rings. The molecule has 0 heterocycles. The second kappa shape index (κ2) is 12.5. The highest BCUT2D eigenvalue weighted by molar-refractivity contribution is 14.0. The summed E-state index contributed by atoms with van der Waals surface area (Å²) in [6.07, 6.45) is 0.145. The maximum absolute atomic E-state index is 10.2. The molecule has 6 heteroatoms. The van der Waals surface area contributed by atoms with E-state index in [1.165, 1.54) is 0 Å². The molecule has 3 N–H and O–H groups in total. The van der Waals surface area contributed by atoms with Crippen LogP contribution in [-0.2, 0) is 13.0 Å². The monoisotopic (exact) mass is 469 g/mol. The van der Waals surface area contributed by atoms with E-state index in [4.69, 9.17) is 4.74 Å². The summed E-state index contributed by atoms with van der Waals surface area (Å²) >= 11 is 0. The number of aliphatic hydroxyl groups is 1. The lowest BCUT2D eigenvalue weighted by Crippen LogP contribution is -2.41. The first-order valence-electron chi connectivity index (χ1n) is 8.58. The Labute approximate surface area is 172 Å². The molecule has 2 aromatic carbocycles. The molecule has 0 fully saturated rings. The lowest BCUT2D eigenvalue weighted by molar-refractivity contribution is 0.177. The summed E-state index contributed by atoms with van der Waals surface area (Å²) in [5.74, 6) is 1.52. The zero-order valence-electron chi connectivity index (χ0n) is 15.3. The van der Waals surface area contributed by atoms with Crippen molar-refractivity contribution in [2.75, 3.05) is 20.2 Å². The number of aliphatic hydroxyl groups excluding tert-OH is 1. The molecule has 0 radical (unpaired) electrons. The van der Waals surface area contributed by atoms with Crippen molar-refractivity contribution in [3.05, 3.63) is 65.7 Å². The average Bonchev–Trinajstić information content (AvgIpc) is 2.65. The number of nitrogens with zero attached hydrogens (tertiary/aromatic N) is 1. The van der Waals surface area contributed by atoms with Crippen LogP contribution in [0, 0.1) is 0 Å². The first-order valence-corrected chi connectivity index (χ1v) is 8.58. The molecule has 0 amide bonds. The van der Waals surface area contributed by atoms with Gasteiger partial charge in [0.15, 0.2) is 5.96 Å². The van der Waals surface area contributed by atoms with Crippen LogP contribution in [0.3, 0.4) is 0 Å². The lowest BCUT2D eigenvalue weighted by Gasteiger charge is -2.15. The quantitative estimate of drug-likeness (QED) is 0.316. The largest absolute Gasteiger partial charge is 0.497 e. The van der Waals surface area contributed by atoms with Gasteiger partial charge in [0.1, 0.15) is 5.75 Å². The van der Waals surface area contributed by atoms with Crippen LogP contribution in [0.4, 0.5) is 0 Å². The van der Waals surface area contributed by atoms with Crippen molar-refractivity contribution >= 4 is 29.9 Å². The van der Waals surface area contributed by atoms with Crippen LogP contribution in [0.25, 0.3) is 0 Å². The molecular weight excluding hydrogens is 441 g/mol. The summed E-state index contributed by atoms with van der Waals surface area (Å²) in [5, 5.41) is 16.6. The van der Waals surface area contributed by atoms with Crippen LogP contribution in [0.1, 0.15) is 18.1 Å². The summed E-state index contributed by atoms with van der Waals surface area (Å²) in [6, 6.07) is 17.8. The van der Waals surface area contributed by atoms with Crippen LogP contribution in [-0.4, -0.2) is 37.4 Å². The predicted octanol–water partition coefficient (Wildman–Crippen LogP) is 2.97. The maximum Gasteiger partial charge on any atom is 0.191 e. The van der Waals surface area contributed by atoms with Crippen LogP contribution in [0.2, 0.25) is 0 Å². The van der Waals surface area contributed by atoms with Crippen LogP contribution >= 0.6 is 24.0 Å². The summed E-state index contributed by atoms with van der Waals surface area (Å²) < 4.78 is 5.23. The van der Waals surface area contributed by atoms with E-state index in [2.05, 4.69) is 15.6 Å². The van der Waals surface area contributed by atoms with E-state index in [1.54, 1.807) is 7.11 Å². The first kappa shape index (κ1) is 22.2. The fraction of sp³-hybridized carbons (Fsp3) is 0.350. The number of ether oxygens (including phenoxy) is 1. The second-order valence-electron chi connectivity index (χ2n) is 5.77. The summed E-state index contributed by atoms with van der Waals surface area (Å²) in [7, 11) is 1.65. The molecular formula is C20H28IN3O2. The third kappa shape index (κ3) is 8.05. The number of methoxy groups -OCH3 is 1. The van der Waals surface area contributed by atoms with E-state index in [9.17, 15) is 5.11 Å². The zero-order chi connectivity index (χ0) is 17.9. The van der Waals surface area contributed by atoms with Gasteiger partial charge in [0.25, 0.3) is 0 Å². The topological polar surface area (TPSA) is 65.9 Å². The van der Waals surface area contributed by atoms with Crippen molar-refractivity contribution < 1.29 is 9.84 Å². The number of nitrogens with one attached hydrogen (secondary N) is 2. The van der Waals surface area contributed by atoms with Gasteiger partial charge in [-0.3, -0.25) is 0 Å². The third-order valence-electron chi connectivity index (χ3n) is 3.72. The van der Waals surface area contributed by atoms with Crippen molar-refractivity contribution in [1.29, 1.82) is 0 Å². The molecule has 0 bridgehead atoms. The molecule has 0 saturated carbocycles. The summed E-state index contributed by atoms with van der Waals surface area (Å²) in [5.41, 5.74) is 2.19. The number of rotatable bonds is 8. The molecule has 2 aromatic rings. The van der Waals surface area contributed by atoms with Gasteiger partial charge in [-0.2, -0.15) is 0 Å². The third-order valence-corrected chi connectivity index (χ3v) is 3.72. The van der Waals surface area contributed by atoms with Crippen LogP contribution in [0.15, 0.2) is 59.6 Å². The smallest absolute Gasteiger partial charge is 0.191 e. The van der Waals surface area contributed by atoms with Gasteiger partial charge < -0.3 is 20.5 Å². The van der Waals surface area contributed by atoms with Crippen LogP contribution in [0.5, 0.6) is 5.75 Å². The molecule has 2 rings (SSSR count). The molecule has 1 atom stereocenters. The Balaban J connectivity index is 0.00000338. The Bertz CT molecular complexity index is 665. The molecule has 142 valence electrons. The number of halogens is 1. The molecule has 5 nitrogen and oxygen atoms in total. The van der Waals surface area contributed by atoms with Crippen molar-refractivity contribution in [2.45, 2.75) is 26.0 Å². The van der Waals surface area contributed by atoms with E-state index in [0.29, 0.717) is 25.5 Å². The standard InChI is InChI=1S/C20H27N3O2.HI/c1-3-21-20(22-14-17-10-7-11-19(13-17)25-2)23-15-18(24)12-16-8-5-4-6-9-16;/h4-11,13,18,24H,3,12,14-15H2,1-2H3,(H2,21,22,23);1H. The lowest BCUT2D eigenvalue weighted by atomic mass is 10.1. The Hall–Kier alpha value is -1.80. The zero-order valence-corrected chi connectivity index (χ0v) is 17.6. The minimum atomic E-state index is -0.469. The first-order chi connectivity index (χ1) is 12.2. The fourth-order valence-corrected chi connectivity index (χ4v) is 2.46. The number of hydrogen-bond donors (Lipinski definition) is 3. The van der Waals surface area contributed by atoms with Gasteiger partial charge in [-0.25, -0.2) is 4.99 Å². The summed E-state index contributed by atoms with van der Waals surface area (Å²) in [6.45, 7) is 3.77. The Morgan fingerprint density at radius 1 is 1.08 bits per heavy atom. The Morgan fingerprint density at radius 2 is 1.81 bits per heavy atom. The molecule has 26 heavy (non-hydrogen) atoms. The SMILES string of the molecule is CCNC(=NCc1cccc(OC)c1)NCC(O)Cc1ccccc1.I. The van der Waals surface area contributed by atoms with Gasteiger partial charge in [-0.1, -0.05) is 42.5 Å². The normalized spacial score (nSPS) is 12.0. The minimum absolute atomic E-state index is 0. The van der Waals surface area contributed by atoms with Gasteiger partial charge in [-0.05, 0) is 30.2 Å². The molecule has 0 aliphatic carbocycles. The maximum atomic E-state index is 10.2. The van der Waals surface area contributed by atoms with Crippen molar-refractivity contribution in [3.63, 3.8) is 0 Å². The Morgan fingerprint density at radius 3 is 2.50 bits per heavy atom.